The van der Waals surface area contributed by atoms with Crippen molar-refractivity contribution >= 4 is 17.3 Å². The van der Waals surface area contributed by atoms with Crippen molar-refractivity contribution in [3.63, 3.8) is 0 Å². The highest BCUT2D eigenvalue weighted by molar-refractivity contribution is 5.94. The summed E-state index contributed by atoms with van der Waals surface area (Å²) in [5.74, 6) is 0.0499. The van der Waals surface area contributed by atoms with Crippen molar-refractivity contribution < 1.29 is 15.0 Å². The summed E-state index contributed by atoms with van der Waals surface area (Å²) < 4.78 is 0. The number of rotatable bonds is 4. The lowest BCUT2D eigenvalue weighted by molar-refractivity contribution is -0.116. The van der Waals surface area contributed by atoms with Crippen molar-refractivity contribution in [3.05, 3.63) is 23.8 Å². The number of aryl methyl sites for hydroxylation is 1. The number of anilines is 2. The van der Waals surface area contributed by atoms with Crippen LogP contribution in [0.1, 0.15) is 12.0 Å². The summed E-state index contributed by atoms with van der Waals surface area (Å²) in [5, 5.41) is 23.8. The van der Waals surface area contributed by atoms with Gasteiger partial charge in [0.2, 0.25) is 5.91 Å². The molecule has 0 aliphatic carbocycles. The van der Waals surface area contributed by atoms with Gasteiger partial charge in [-0.25, -0.2) is 0 Å². The van der Waals surface area contributed by atoms with Gasteiger partial charge in [0, 0.05) is 24.3 Å². The molecule has 1 atom stereocenters. The summed E-state index contributed by atoms with van der Waals surface area (Å²) >= 11 is 0. The first-order chi connectivity index (χ1) is 8.19. The van der Waals surface area contributed by atoms with Crippen molar-refractivity contribution in [2.45, 2.75) is 18.9 Å². The third-order valence-electron chi connectivity index (χ3n) is 2.75. The van der Waals surface area contributed by atoms with Gasteiger partial charge in [-0.2, -0.15) is 0 Å². The highest BCUT2D eigenvalue weighted by Gasteiger charge is 2.14. The number of fused-ring (bicyclic) bond motifs is 1. The first kappa shape index (κ1) is 11.9. The highest BCUT2D eigenvalue weighted by Crippen LogP contribution is 2.25. The number of carbonyl (C=O) groups excluding carboxylic acids is 1. The Morgan fingerprint density at radius 2 is 2.24 bits per heavy atom. The molecule has 0 saturated carbocycles. The van der Waals surface area contributed by atoms with Crippen LogP contribution in [-0.4, -0.2) is 35.4 Å². The number of amides is 1. The Kier molecular flexibility index (Phi) is 3.61. The quantitative estimate of drug-likeness (QED) is 0.607. The first-order valence-corrected chi connectivity index (χ1v) is 5.64. The van der Waals surface area contributed by atoms with E-state index in [4.69, 9.17) is 5.11 Å². The average molecular weight is 236 g/mol. The van der Waals surface area contributed by atoms with Crippen LogP contribution in [0, 0.1) is 0 Å². The van der Waals surface area contributed by atoms with E-state index >= 15 is 0 Å². The van der Waals surface area contributed by atoms with E-state index in [9.17, 15) is 9.90 Å². The van der Waals surface area contributed by atoms with Crippen LogP contribution in [0.15, 0.2) is 18.2 Å². The van der Waals surface area contributed by atoms with E-state index < -0.39 is 6.10 Å². The largest absolute Gasteiger partial charge is 0.394 e. The number of benzene rings is 1. The van der Waals surface area contributed by atoms with Crippen molar-refractivity contribution in [2.24, 2.45) is 0 Å². The summed E-state index contributed by atoms with van der Waals surface area (Å²) in [4.78, 5) is 11.2. The van der Waals surface area contributed by atoms with Gasteiger partial charge in [0.25, 0.3) is 0 Å². The van der Waals surface area contributed by atoms with Gasteiger partial charge in [0.05, 0.1) is 12.7 Å². The number of hydrogen-bond acceptors (Lipinski definition) is 4. The lowest BCUT2D eigenvalue weighted by atomic mass is 10.0. The van der Waals surface area contributed by atoms with Crippen LogP contribution in [-0.2, 0) is 11.2 Å². The smallest absolute Gasteiger partial charge is 0.224 e. The molecule has 17 heavy (non-hydrogen) atoms. The molecular weight excluding hydrogens is 220 g/mol. The lowest BCUT2D eigenvalue weighted by Crippen LogP contribution is -2.23. The van der Waals surface area contributed by atoms with Crippen LogP contribution < -0.4 is 10.6 Å². The monoisotopic (exact) mass is 236 g/mol. The Bertz CT molecular complexity index is 420. The molecule has 1 aromatic rings. The second-order valence-electron chi connectivity index (χ2n) is 4.14. The van der Waals surface area contributed by atoms with E-state index in [0.29, 0.717) is 13.0 Å². The molecule has 0 spiro atoms. The second kappa shape index (κ2) is 5.16. The van der Waals surface area contributed by atoms with Gasteiger partial charge >= 0.3 is 0 Å². The van der Waals surface area contributed by atoms with Gasteiger partial charge < -0.3 is 20.8 Å². The van der Waals surface area contributed by atoms with E-state index in [1.165, 1.54) is 0 Å². The SMILES string of the molecule is O=C1CCc2cc(NCC(O)CO)ccc2N1. The number of aliphatic hydroxyl groups is 2. The summed E-state index contributed by atoms with van der Waals surface area (Å²) in [6.45, 7) is 0.0512. The molecule has 0 aromatic heterocycles. The number of aliphatic hydroxyl groups excluding tert-OH is 2. The zero-order valence-electron chi connectivity index (χ0n) is 9.44. The predicted molar refractivity (Wildman–Crippen MR) is 65.0 cm³/mol. The van der Waals surface area contributed by atoms with Crippen LogP contribution in [0.25, 0.3) is 0 Å². The Morgan fingerprint density at radius 1 is 1.41 bits per heavy atom. The molecule has 1 aliphatic heterocycles. The van der Waals surface area contributed by atoms with Gasteiger partial charge in [-0.15, -0.1) is 0 Å². The molecule has 0 bridgehead atoms. The van der Waals surface area contributed by atoms with Crippen LogP contribution in [0.5, 0.6) is 0 Å². The van der Waals surface area contributed by atoms with Crippen molar-refractivity contribution in [2.75, 3.05) is 23.8 Å². The van der Waals surface area contributed by atoms with Crippen LogP contribution in [0.3, 0.4) is 0 Å². The fourth-order valence-electron chi connectivity index (χ4n) is 1.79. The van der Waals surface area contributed by atoms with Gasteiger partial charge in [0.15, 0.2) is 0 Å². The minimum atomic E-state index is -0.759. The summed E-state index contributed by atoms with van der Waals surface area (Å²) in [6.07, 6.45) is 0.486. The van der Waals surface area contributed by atoms with Crippen LogP contribution >= 0.6 is 0 Å². The van der Waals surface area contributed by atoms with E-state index in [1.807, 2.05) is 18.2 Å². The number of carbonyl (C=O) groups is 1. The van der Waals surface area contributed by atoms with Crippen LogP contribution in [0.4, 0.5) is 11.4 Å². The minimum Gasteiger partial charge on any atom is -0.394 e. The Labute approximate surface area is 99.5 Å². The zero-order valence-corrected chi connectivity index (χ0v) is 9.44. The van der Waals surface area contributed by atoms with Crippen LogP contribution in [0.2, 0.25) is 0 Å². The Hall–Kier alpha value is -1.59. The van der Waals surface area contributed by atoms with Gasteiger partial charge in [-0.1, -0.05) is 0 Å². The molecule has 0 saturated heterocycles. The maximum atomic E-state index is 11.2. The molecule has 1 aromatic carbocycles. The maximum Gasteiger partial charge on any atom is 0.224 e. The molecule has 0 fully saturated rings. The molecule has 1 unspecified atom stereocenters. The molecule has 2 rings (SSSR count). The molecule has 1 aliphatic rings. The molecule has 92 valence electrons. The summed E-state index contributed by atoms with van der Waals surface area (Å²) in [5.41, 5.74) is 2.83. The van der Waals surface area contributed by atoms with Gasteiger partial charge in [-0.05, 0) is 30.2 Å². The molecule has 5 nitrogen and oxygen atoms in total. The fraction of sp³-hybridized carbons (Fsp3) is 0.417. The van der Waals surface area contributed by atoms with Gasteiger partial charge in [0.1, 0.15) is 0 Å². The van der Waals surface area contributed by atoms with E-state index in [0.717, 1.165) is 23.4 Å². The highest BCUT2D eigenvalue weighted by atomic mass is 16.3. The average Bonchev–Trinajstić information content (AvgIpc) is 2.35. The Morgan fingerprint density at radius 3 is 3.00 bits per heavy atom. The van der Waals surface area contributed by atoms with Crippen molar-refractivity contribution in [1.82, 2.24) is 0 Å². The Balaban J connectivity index is 2.04. The van der Waals surface area contributed by atoms with Gasteiger partial charge in [-0.3, -0.25) is 4.79 Å². The minimum absolute atomic E-state index is 0.0499. The van der Waals surface area contributed by atoms with Crippen molar-refractivity contribution in [1.29, 1.82) is 0 Å². The summed E-state index contributed by atoms with van der Waals surface area (Å²) in [7, 11) is 0. The molecule has 1 amide bonds. The predicted octanol–water partition coefficient (Wildman–Crippen LogP) is 0.336. The fourth-order valence-corrected chi connectivity index (χ4v) is 1.79. The molecule has 5 heteroatoms. The zero-order chi connectivity index (χ0) is 12.3. The summed E-state index contributed by atoms with van der Waals surface area (Å²) in [6, 6.07) is 5.65. The van der Waals surface area contributed by atoms with E-state index in [-0.39, 0.29) is 12.5 Å². The molecular formula is C12H16N2O3. The first-order valence-electron chi connectivity index (χ1n) is 5.64. The normalized spacial score (nSPS) is 16.0. The van der Waals surface area contributed by atoms with E-state index in [1.54, 1.807) is 0 Å². The topological polar surface area (TPSA) is 81.6 Å². The van der Waals surface area contributed by atoms with Crippen molar-refractivity contribution in [3.8, 4) is 0 Å². The third-order valence-corrected chi connectivity index (χ3v) is 2.75. The van der Waals surface area contributed by atoms with E-state index in [2.05, 4.69) is 10.6 Å². The number of hydrogen-bond donors (Lipinski definition) is 4. The number of nitrogens with one attached hydrogen (secondary N) is 2. The standard InChI is InChI=1S/C12H16N2O3/c15-7-10(16)6-13-9-2-3-11-8(5-9)1-4-12(17)14-11/h2-3,5,10,13,15-16H,1,4,6-7H2,(H,14,17). The third kappa shape index (κ3) is 2.95. The second-order valence-corrected chi connectivity index (χ2v) is 4.14. The lowest BCUT2D eigenvalue weighted by Gasteiger charge is -2.18. The molecule has 0 radical (unpaired) electrons. The molecule has 4 N–H and O–H groups in total. The maximum absolute atomic E-state index is 11.2. The molecule has 1 heterocycles.